The molecule has 4 rings (SSSR count). The third-order valence-corrected chi connectivity index (χ3v) is 4.60. The van der Waals surface area contributed by atoms with E-state index in [0.29, 0.717) is 6.54 Å². The largest absolute Gasteiger partial charge is 0.357 e. The molecule has 1 N–H and O–H groups in total. The van der Waals surface area contributed by atoms with Gasteiger partial charge in [-0.05, 0) is 23.8 Å². The fraction of sp³-hybridized carbons (Fsp3) is 0.0625. The first kappa shape index (κ1) is 15.2. The first-order chi connectivity index (χ1) is 12.2. The quantitative estimate of drug-likeness (QED) is 0.436. The van der Waals surface area contributed by atoms with Crippen LogP contribution in [-0.2, 0) is 6.54 Å². The number of hydrogen-bond acceptors (Lipinski definition) is 7. The molecule has 0 radical (unpaired) electrons. The van der Waals surface area contributed by atoms with Gasteiger partial charge in [0.05, 0.1) is 20.8 Å². The van der Waals surface area contributed by atoms with E-state index in [9.17, 15) is 10.1 Å². The molecule has 0 bridgehead atoms. The van der Waals surface area contributed by atoms with Crippen LogP contribution in [0.3, 0.4) is 0 Å². The Hall–Kier alpha value is -3.33. The highest BCUT2D eigenvalue weighted by atomic mass is 32.1. The molecule has 25 heavy (non-hydrogen) atoms. The summed E-state index contributed by atoms with van der Waals surface area (Å²) in [5, 5.41) is 19.0. The average Bonchev–Trinajstić information content (AvgIpc) is 3.29. The van der Waals surface area contributed by atoms with Crippen LogP contribution in [0.25, 0.3) is 15.9 Å². The Balaban J connectivity index is 1.52. The predicted molar refractivity (Wildman–Crippen MR) is 95.0 cm³/mol. The van der Waals surface area contributed by atoms with E-state index in [2.05, 4.69) is 20.4 Å². The van der Waals surface area contributed by atoms with Gasteiger partial charge in [-0.1, -0.05) is 23.5 Å². The summed E-state index contributed by atoms with van der Waals surface area (Å²) in [5.41, 5.74) is 2.81. The smallest absolute Gasteiger partial charge is 0.270 e. The molecule has 4 aromatic rings. The highest BCUT2D eigenvalue weighted by molar-refractivity contribution is 7.22. The zero-order valence-electron chi connectivity index (χ0n) is 12.9. The van der Waals surface area contributed by atoms with Crippen LogP contribution in [0.5, 0.6) is 0 Å². The minimum absolute atomic E-state index is 0.0724. The number of aromatic nitrogens is 4. The number of rotatable bonds is 5. The normalized spacial score (nSPS) is 10.9. The van der Waals surface area contributed by atoms with E-state index in [1.807, 2.05) is 24.3 Å². The van der Waals surface area contributed by atoms with E-state index < -0.39 is 4.92 Å². The molecule has 8 nitrogen and oxygen atoms in total. The summed E-state index contributed by atoms with van der Waals surface area (Å²) in [6.07, 6.45) is 3.14. The molecule has 0 spiro atoms. The van der Waals surface area contributed by atoms with Crippen molar-refractivity contribution < 1.29 is 4.92 Å². The summed E-state index contributed by atoms with van der Waals surface area (Å²) in [5.74, 6) is 0. The molecule has 0 aliphatic carbocycles. The average molecular weight is 352 g/mol. The van der Waals surface area contributed by atoms with Gasteiger partial charge in [-0.3, -0.25) is 10.1 Å². The Morgan fingerprint density at radius 2 is 2.16 bits per heavy atom. The lowest BCUT2D eigenvalue weighted by Crippen LogP contribution is -2.01. The molecule has 0 atom stereocenters. The number of benzene rings is 2. The Labute approximate surface area is 145 Å². The number of anilines is 1. The number of thiazole rings is 1. The molecule has 9 heteroatoms. The molecule has 0 aliphatic rings. The predicted octanol–water partition coefficient (Wildman–Crippen LogP) is 3.40. The van der Waals surface area contributed by atoms with Crippen LogP contribution in [0.4, 0.5) is 10.8 Å². The van der Waals surface area contributed by atoms with Gasteiger partial charge in [0.1, 0.15) is 12.7 Å². The molecule has 0 unspecified atom stereocenters. The fourth-order valence-corrected chi connectivity index (χ4v) is 3.33. The summed E-state index contributed by atoms with van der Waals surface area (Å²) >= 11 is 1.40. The van der Waals surface area contributed by atoms with E-state index in [0.717, 1.165) is 26.6 Å². The zero-order chi connectivity index (χ0) is 17.2. The van der Waals surface area contributed by atoms with Gasteiger partial charge in [-0.25, -0.2) is 14.6 Å². The van der Waals surface area contributed by atoms with Crippen LogP contribution in [-0.4, -0.2) is 24.7 Å². The Morgan fingerprint density at radius 1 is 1.24 bits per heavy atom. The summed E-state index contributed by atoms with van der Waals surface area (Å²) in [7, 11) is 0. The number of nitro benzene ring substituents is 1. The van der Waals surface area contributed by atoms with Crippen LogP contribution < -0.4 is 5.32 Å². The second-order valence-corrected chi connectivity index (χ2v) is 6.32. The van der Waals surface area contributed by atoms with Crippen molar-refractivity contribution in [1.29, 1.82) is 0 Å². The van der Waals surface area contributed by atoms with Gasteiger partial charge >= 0.3 is 0 Å². The van der Waals surface area contributed by atoms with E-state index in [-0.39, 0.29) is 5.69 Å². The van der Waals surface area contributed by atoms with Crippen molar-refractivity contribution in [3.05, 3.63) is 70.8 Å². The fourth-order valence-electron chi connectivity index (χ4n) is 2.43. The third kappa shape index (κ3) is 3.17. The Morgan fingerprint density at radius 3 is 2.96 bits per heavy atom. The number of non-ortho nitro benzene ring substituents is 1. The molecule has 0 amide bonds. The number of nitrogens with one attached hydrogen (secondary N) is 1. The first-order valence-electron chi connectivity index (χ1n) is 7.42. The zero-order valence-corrected chi connectivity index (χ0v) is 13.7. The lowest BCUT2D eigenvalue weighted by molar-refractivity contribution is -0.384. The number of hydrogen-bond donors (Lipinski definition) is 1. The standard InChI is InChI=1S/C16H12N6O2S/c23-22(24)13-4-5-14-15(7-13)25-16(20-14)18-8-11-2-1-3-12(6-11)21-10-17-9-19-21/h1-7,9-10H,8H2,(H,18,20). The SMILES string of the molecule is O=[N+]([O-])c1ccc2nc(NCc3cccc(-n4cncn4)c3)sc2c1. The minimum atomic E-state index is -0.401. The summed E-state index contributed by atoms with van der Waals surface area (Å²) in [4.78, 5) is 18.9. The number of fused-ring (bicyclic) bond motifs is 1. The van der Waals surface area contributed by atoms with Crippen molar-refractivity contribution in [2.45, 2.75) is 6.54 Å². The molecule has 2 aromatic heterocycles. The second-order valence-electron chi connectivity index (χ2n) is 5.29. The third-order valence-electron chi connectivity index (χ3n) is 3.62. The molecule has 2 aromatic carbocycles. The molecule has 124 valence electrons. The van der Waals surface area contributed by atoms with Crippen LogP contribution in [0.15, 0.2) is 55.1 Å². The highest BCUT2D eigenvalue weighted by Gasteiger charge is 2.10. The van der Waals surface area contributed by atoms with Crippen molar-refractivity contribution in [2.75, 3.05) is 5.32 Å². The highest BCUT2D eigenvalue weighted by Crippen LogP contribution is 2.29. The van der Waals surface area contributed by atoms with Gasteiger partial charge in [0.2, 0.25) is 0 Å². The van der Waals surface area contributed by atoms with Crippen LogP contribution in [0.1, 0.15) is 5.56 Å². The maximum atomic E-state index is 10.9. The van der Waals surface area contributed by atoms with E-state index in [1.165, 1.54) is 23.7 Å². The first-order valence-corrected chi connectivity index (χ1v) is 8.23. The van der Waals surface area contributed by atoms with E-state index in [1.54, 1.807) is 23.1 Å². The molecule has 0 saturated heterocycles. The van der Waals surface area contributed by atoms with Crippen molar-refractivity contribution in [2.24, 2.45) is 0 Å². The monoisotopic (exact) mass is 352 g/mol. The van der Waals surface area contributed by atoms with Crippen LogP contribution in [0, 0.1) is 10.1 Å². The van der Waals surface area contributed by atoms with Crippen molar-refractivity contribution in [3.63, 3.8) is 0 Å². The van der Waals surface area contributed by atoms with Gasteiger partial charge in [0, 0.05) is 18.7 Å². The molecule has 0 aliphatic heterocycles. The molecular formula is C16H12N6O2S. The van der Waals surface area contributed by atoms with Gasteiger partial charge in [-0.2, -0.15) is 5.10 Å². The molecular weight excluding hydrogens is 340 g/mol. The minimum Gasteiger partial charge on any atom is -0.357 e. The van der Waals surface area contributed by atoms with Crippen LogP contribution in [0.2, 0.25) is 0 Å². The molecule has 0 fully saturated rings. The number of nitro groups is 1. The maximum absolute atomic E-state index is 10.9. The van der Waals surface area contributed by atoms with Crippen molar-refractivity contribution >= 4 is 32.4 Å². The Kier molecular flexibility index (Phi) is 3.82. The molecule has 0 saturated carbocycles. The topological polar surface area (TPSA) is 98.8 Å². The molecule has 2 heterocycles. The van der Waals surface area contributed by atoms with E-state index >= 15 is 0 Å². The second kappa shape index (κ2) is 6.29. The van der Waals surface area contributed by atoms with Gasteiger partial charge in [-0.15, -0.1) is 0 Å². The van der Waals surface area contributed by atoms with Crippen molar-refractivity contribution in [1.82, 2.24) is 19.7 Å². The van der Waals surface area contributed by atoms with E-state index in [4.69, 9.17) is 0 Å². The van der Waals surface area contributed by atoms with Crippen LogP contribution >= 0.6 is 11.3 Å². The summed E-state index contributed by atoms with van der Waals surface area (Å²) in [6, 6.07) is 12.6. The summed E-state index contributed by atoms with van der Waals surface area (Å²) in [6.45, 7) is 0.588. The number of nitrogens with zero attached hydrogens (tertiary/aromatic N) is 5. The lowest BCUT2D eigenvalue weighted by atomic mass is 10.2. The lowest BCUT2D eigenvalue weighted by Gasteiger charge is -2.05. The van der Waals surface area contributed by atoms with Gasteiger partial charge in [0.15, 0.2) is 5.13 Å². The maximum Gasteiger partial charge on any atom is 0.270 e. The Bertz CT molecular complexity index is 1040. The summed E-state index contributed by atoms with van der Waals surface area (Å²) < 4.78 is 2.48. The van der Waals surface area contributed by atoms with Gasteiger partial charge < -0.3 is 5.32 Å². The van der Waals surface area contributed by atoms with Gasteiger partial charge in [0.25, 0.3) is 5.69 Å². The van der Waals surface area contributed by atoms with Crippen molar-refractivity contribution in [3.8, 4) is 5.69 Å².